The van der Waals surface area contributed by atoms with Gasteiger partial charge in [-0.05, 0) is 31.7 Å². The summed E-state index contributed by atoms with van der Waals surface area (Å²) >= 11 is 0. The zero-order chi connectivity index (χ0) is 11.5. The average Bonchev–Trinajstić information content (AvgIpc) is 2.77. The maximum atomic E-state index is 5.67. The predicted octanol–water partition coefficient (Wildman–Crippen LogP) is -0.268. The third-order valence-corrected chi connectivity index (χ3v) is 3.28. The van der Waals surface area contributed by atoms with Crippen LogP contribution in [0.1, 0.15) is 19.3 Å². The smallest absolute Gasteiger partial charge is 0.219 e. The molecule has 2 rings (SSSR count). The molecule has 0 amide bonds. The summed E-state index contributed by atoms with van der Waals surface area (Å²) in [6.45, 7) is 0.744. The first-order valence-electron chi connectivity index (χ1n) is 5.55. The molecule has 1 heterocycles. The summed E-state index contributed by atoms with van der Waals surface area (Å²) in [6, 6.07) is 0.398. The first-order chi connectivity index (χ1) is 7.74. The highest BCUT2D eigenvalue weighted by Gasteiger charge is 2.31. The van der Waals surface area contributed by atoms with Gasteiger partial charge in [0, 0.05) is 6.04 Å². The van der Waals surface area contributed by atoms with Gasteiger partial charge in [-0.3, -0.25) is 0 Å². The van der Waals surface area contributed by atoms with Crippen molar-refractivity contribution in [3.05, 3.63) is 0 Å². The van der Waals surface area contributed by atoms with Gasteiger partial charge >= 0.3 is 0 Å². The minimum Gasteiger partial charge on any atom is -0.368 e. The van der Waals surface area contributed by atoms with Crippen LogP contribution in [0.5, 0.6) is 0 Å². The molecule has 0 radical (unpaired) electrons. The lowest BCUT2D eigenvalue weighted by Gasteiger charge is -2.31. The fourth-order valence-electron chi connectivity index (χ4n) is 2.36. The first-order valence-corrected chi connectivity index (χ1v) is 5.55. The van der Waals surface area contributed by atoms with Crippen molar-refractivity contribution in [2.45, 2.75) is 31.5 Å². The van der Waals surface area contributed by atoms with Crippen LogP contribution in [0.3, 0.4) is 0 Å². The molecular weight excluding hydrogens is 202 g/mol. The van der Waals surface area contributed by atoms with Gasteiger partial charge in [-0.1, -0.05) is 5.92 Å². The molecule has 1 aliphatic heterocycles. The Balaban J connectivity index is 2.06. The number of terminal acetylenes is 1. The van der Waals surface area contributed by atoms with Gasteiger partial charge in [0.2, 0.25) is 5.96 Å². The van der Waals surface area contributed by atoms with E-state index in [9.17, 15) is 0 Å². The quantitative estimate of drug-likeness (QED) is 0.627. The summed E-state index contributed by atoms with van der Waals surface area (Å²) in [5.74, 6) is 3.48. The minimum absolute atomic E-state index is 0.257. The standard InChI is InChI=1S/C11H17N5/c1-2-10-15-11(13)14-7-16(10)9-4-3-8(5-9)6-12/h1,7-10H,3-6,12H2,(H2,13,15)/t8?,9-,10?/m1/s1. The number of rotatable bonds is 2. The van der Waals surface area contributed by atoms with Crippen LogP contribution in [0.25, 0.3) is 0 Å². The van der Waals surface area contributed by atoms with Gasteiger partial charge in [-0.15, -0.1) is 6.42 Å². The van der Waals surface area contributed by atoms with Crippen molar-refractivity contribution < 1.29 is 0 Å². The Hall–Kier alpha value is -1.54. The van der Waals surface area contributed by atoms with E-state index in [0.29, 0.717) is 12.0 Å². The molecule has 5 nitrogen and oxygen atoms in total. The molecule has 86 valence electrons. The molecule has 1 aliphatic carbocycles. The molecule has 0 bridgehead atoms. The normalized spacial score (nSPS) is 33.6. The third kappa shape index (κ3) is 2.02. The van der Waals surface area contributed by atoms with E-state index in [1.54, 1.807) is 6.34 Å². The summed E-state index contributed by atoms with van der Waals surface area (Å²) in [6.07, 6.45) is 10.2. The van der Waals surface area contributed by atoms with E-state index < -0.39 is 0 Å². The van der Waals surface area contributed by atoms with Crippen LogP contribution in [0, 0.1) is 18.3 Å². The second-order valence-corrected chi connectivity index (χ2v) is 4.29. The zero-order valence-electron chi connectivity index (χ0n) is 9.21. The minimum atomic E-state index is -0.306. The Labute approximate surface area is 95.6 Å². The lowest BCUT2D eigenvalue weighted by atomic mass is 10.1. The summed E-state index contributed by atoms with van der Waals surface area (Å²) in [4.78, 5) is 10.2. The molecule has 4 N–H and O–H groups in total. The maximum absolute atomic E-state index is 5.67. The largest absolute Gasteiger partial charge is 0.368 e. The van der Waals surface area contributed by atoms with Crippen LogP contribution in [-0.4, -0.2) is 36.0 Å². The van der Waals surface area contributed by atoms with Gasteiger partial charge < -0.3 is 16.4 Å². The molecule has 0 aromatic carbocycles. The molecule has 0 spiro atoms. The highest BCUT2D eigenvalue weighted by atomic mass is 15.3. The third-order valence-electron chi connectivity index (χ3n) is 3.28. The Kier molecular flexibility index (Phi) is 3.11. The molecule has 5 heteroatoms. The van der Waals surface area contributed by atoms with E-state index in [0.717, 1.165) is 25.8 Å². The lowest BCUT2D eigenvalue weighted by Crippen LogP contribution is -2.43. The van der Waals surface area contributed by atoms with Crippen LogP contribution in [-0.2, 0) is 0 Å². The van der Waals surface area contributed by atoms with Gasteiger partial charge in [-0.2, -0.15) is 0 Å². The van der Waals surface area contributed by atoms with Crippen molar-refractivity contribution in [2.24, 2.45) is 27.4 Å². The van der Waals surface area contributed by atoms with Gasteiger partial charge in [0.25, 0.3) is 0 Å². The van der Waals surface area contributed by atoms with E-state index in [2.05, 4.69) is 15.9 Å². The second kappa shape index (κ2) is 4.54. The number of nitrogens with zero attached hydrogens (tertiary/aromatic N) is 3. The topological polar surface area (TPSA) is 80.0 Å². The molecule has 2 unspecified atom stereocenters. The Morgan fingerprint density at radius 1 is 1.56 bits per heavy atom. The average molecular weight is 219 g/mol. The van der Waals surface area contributed by atoms with Crippen molar-refractivity contribution in [3.8, 4) is 12.3 Å². The molecular formula is C11H17N5. The van der Waals surface area contributed by atoms with Gasteiger partial charge in [0.05, 0.1) is 6.34 Å². The van der Waals surface area contributed by atoms with Crippen LogP contribution in [0.2, 0.25) is 0 Å². The summed E-state index contributed by atoms with van der Waals surface area (Å²) in [5.41, 5.74) is 11.2. The molecule has 1 saturated carbocycles. The maximum Gasteiger partial charge on any atom is 0.219 e. The molecule has 3 atom stereocenters. The Morgan fingerprint density at radius 2 is 2.38 bits per heavy atom. The fraction of sp³-hybridized carbons (Fsp3) is 0.636. The number of aliphatic imine (C=N–C) groups is 2. The number of hydrogen-bond acceptors (Lipinski definition) is 5. The molecule has 0 saturated heterocycles. The molecule has 0 aromatic rings. The van der Waals surface area contributed by atoms with E-state index in [1.807, 2.05) is 4.90 Å². The zero-order valence-corrected chi connectivity index (χ0v) is 9.21. The first kappa shape index (κ1) is 11.0. The van der Waals surface area contributed by atoms with Crippen molar-refractivity contribution in [1.29, 1.82) is 0 Å². The number of hydrogen-bond donors (Lipinski definition) is 2. The van der Waals surface area contributed by atoms with Crippen molar-refractivity contribution in [1.82, 2.24) is 4.90 Å². The van der Waals surface area contributed by atoms with E-state index in [1.165, 1.54) is 0 Å². The van der Waals surface area contributed by atoms with Crippen LogP contribution < -0.4 is 11.5 Å². The van der Waals surface area contributed by atoms with Gasteiger partial charge in [-0.25, -0.2) is 9.98 Å². The molecule has 2 aliphatic rings. The second-order valence-electron chi connectivity index (χ2n) is 4.29. The van der Waals surface area contributed by atoms with E-state index >= 15 is 0 Å². The van der Waals surface area contributed by atoms with Crippen molar-refractivity contribution in [3.63, 3.8) is 0 Å². The highest BCUT2D eigenvalue weighted by molar-refractivity contribution is 5.88. The van der Waals surface area contributed by atoms with Gasteiger partial charge in [0.1, 0.15) is 0 Å². The predicted molar refractivity (Wildman–Crippen MR) is 64.8 cm³/mol. The highest BCUT2D eigenvalue weighted by Crippen LogP contribution is 2.29. The van der Waals surface area contributed by atoms with Crippen molar-refractivity contribution in [2.75, 3.05) is 6.54 Å². The van der Waals surface area contributed by atoms with Crippen LogP contribution >= 0.6 is 0 Å². The number of nitrogens with two attached hydrogens (primary N) is 2. The Bertz CT molecular complexity index is 354. The summed E-state index contributed by atoms with van der Waals surface area (Å²) < 4.78 is 0. The summed E-state index contributed by atoms with van der Waals surface area (Å²) in [5, 5.41) is 0. The van der Waals surface area contributed by atoms with Crippen LogP contribution in [0.15, 0.2) is 9.98 Å². The van der Waals surface area contributed by atoms with Crippen molar-refractivity contribution >= 4 is 12.3 Å². The lowest BCUT2D eigenvalue weighted by molar-refractivity contribution is 0.282. The fourth-order valence-corrected chi connectivity index (χ4v) is 2.36. The van der Waals surface area contributed by atoms with Crippen LogP contribution in [0.4, 0.5) is 0 Å². The summed E-state index contributed by atoms with van der Waals surface area (Å²) in [7, 11) is 0. The van der Waals surface area contributed by atoms with E-state index in [-0.39, 0.29) is 12.1 Å². The molecule has 0 aromatic heterocycles. The molecule has 1 fully saturated rings. The SMILES string of the molecule is C#CC1N=C(N)N=CN1[C@@H]1CCC(CN)C1. The monoisotopic (exact) mass is 219 g/mol. The molecule has 16 heavy (non-hydrogen) atoms. The van der Waals surface area contributed by atoms with E-state index in [4.69, 9.17) is 17.9 Å². The van der Waals surface area contributed by atoms with Gasteiger partial charge in [0.15, 0.2) is 6.17 Å². The number of guanidine groups is 1. The Morgan fingerprint density at radius 3 is 3.00 bits per heavy atom.